The molecule has 0 radical (unpaired) electrons. The normalized spacial score (nSPS) is 13.4. The highest BCUT2D eigenvalue weighted by molar-refractivity contribution is 5.71. The van der Waals surface area contributed by atoms with Gasteiger partial charge in [-0.1, -0.05) is 224 Å². The molecule has 0 saturated carbocycles. The molecule has 6 nitrogen and oxygen atoms in total. The highest BCUT2D eigenvalue weighted by Gasteiger charge is 2.19. The Morgan fingerprint density at radius 2 is 0.652 bits per heavy atom. The third-order valence-corrected chi connectivity index (χ3v) is 10.6. The van der Waals surface area contributed by atoms with Gasteiger partial charge in [-0.3, -0.25) is 14.4 Å². The molecule has 0 aromatic rings. The fraction of sp³-hybridized carbons (Fsp3) is 0.540. The minimum Gasteiger partial charge on any atom is -0.462 e. The zero-order valence-electron chi connectivity index (χ0n) is 43.8. The number of ether oxygens (including phenoxy) is 3. The van der Waals surface area contributed by atoms with E-state index in [4.69, 9.17) is 14.2 Å². The summed E-state index contributed by atoms with van der Waals surface area (Å²) < 4.78 is 16.7. The first kappa shape index (κ1) is 64.0. The van der Waals surface area contributed by atoms with Crippen LogP contribution >= 0.6 is 0 Å². The van der Waals surface area contributed by atoms with Crippen molar-refractivity contribution < 1.29 is 28.6 Å². The summed E-state index contributed by atoms with van der Waals surface area (Å²) in [5.41, 5.74) is 0. The maximum Gasteiger partial charge on any atom is 0.306 e. The van der Waals surface area contributed by atoms with Gasteiger partial charge in [-0.25, -0.2) is 0 Å². The summed E-state index contributed by atoms with van der Waals surface area (Å²) in [6.07, 6.45) is 80.9. The van der Waals surface area contributed by atoms with E-state index in [1.165, 1.54) is 44.9 Å². The van der Waals surface area contributed by atoms with Crippen LogP contribution in [0.1, 0.15) is 201 Å². The summed E-state index contributed by atoms with van der Waals surface area (Å²) in [6.45, 7) is 6.24. The minimum absolute atomic E-state index is 0.137. The van der Waals surface area contributed by atoms with Crippen molar-refractivity contribution in [2.24, 2.45) is 0 Å². The van der Waals surface area contributed by atoms with Crippen molar-refractivity contribution >= 4 is 17.9 Å². The van der Waals surface area contributed by atoms with Gasteiger partial charge in [0.1, 0.15) is 13.2 Å². The van der Waals surface area contributed by atoms with E-state index in [1.807, 2.05) is 48.6 Å². The molecule has 6 heteroatoms. The zero-order chi connectivity index (χ0) is 50.0. The van der Waals surface area contributed by atoms with Crippen molar-refractivity contribution in [1.29, 1.82) is 0 Å². The van der Waals surface area contributed by atoms with Gasteiger partial charge in [0.2, 0.25) is 0 Å². The molecule has 0 aliphatic heterocycles. The number of allylic oxidation sites excluding steroid dienone is 26. The number of rotatable bonds is 46. The molecule has 0 bridgehead atoms. The predicted octanol–water partition coefficient (Wildman–Crippen LogP) is 18.2. The Morgan fingerprint density at radius 3 is 1.10 bits per heavy atom. The molecule has 0 N–H and O–H groups in total. The number of hydrogen-bond acceptors (Lipinski definition) is 6. The van der Waals surface area contributed by atoms with Crippen LogP contribution in [0.4, 0.5) is 0 Å². The molecule has 0 aliphatic carbocycles. The smallest absolute Gasteiger partial charge is 0.306 e. The maximum atomic E-state index is 12.8. The summed E-state index contributed by atoms with van der Waals surface area (Å²) >= 11 is 0. The van der Waals surface area contributed by atoms with Crippen molar-refractivity contribution in [3.63, 3.8) is 0 Å². The van der Waals surface area contributed by atoms with E-state index in [2.05, 4.69) is 130 Å². The lowest BCUT2D eigenvalue weighted by Crippen LogP contribution is -2.30. The number of unbranched alkanes of at least 4 members (excludes halogenated alkanes) is 13. The molecule has 0 aromatic heterocycles. The maximum absolute atomic E-state index is 12.8. The second-order valence-electron chi connectivity index (χ2n) is 17.1. The van der Waals surface area contributed by atoms with E-state index in [1.54, 1.807) is 0 Å². The number of esters is 3. The van der Waals surface area contributed by atoms with Gasteiger partial charge in [0.15, 0.2) is 6.10 Å². The molecule has 0 spiro atoms. The molecule has 0 fully saturated rings. The van der Waals surface area contributed by atoms with Crippen molar-refractivity contribution in [2.75, 3.05) is 13.2 Å². The zero-order valence-corrected chi connectivity index (χ0v) is 43.8. The second kappa shape index (κ2) is 55.6. The number of carbonyl (C=O) groups excluding carboxylic acids is 3. The lowest BCUT2D eigenvalue weighted by Gasteiger charge is -2.18. The molecule has 1 atom stereocenters. The summed E-state index contributed by atoms with van der Waals surface area (Å²) in [4.78, 5) is 38.1. The first-order chi connectivity index (χ1) is 34.0. The van der Waals surface area contributed by atoms with Crippen LogP contribution in [0.25, 0.3) is 0 Å². The van der Waals surface area contributed by atoms with Crippen molar-refractivity contribution in [2.45, 2.75) is 207 Å². The number of hydrogen-bond donors (Lipinski definition) is 0. The summed E-state index contributed by atoms with van der Waals surface area (Å²) in [5, 5.41) is 0. The van der Waals surface area contributed by atoms with Gasteiger partial charge in [-0.2, -0.15) is 0 Å². The molecule has 0 saturated heterocycles. The third-order valence-electron chi connectivity index (χ3n) is 10.6. The van der Waals surface area contributed by atoms with E-state index < -0.39 is 12.1 Å². The molecule has 0 heterocycles. The predicted molar refractivity (Wildman–Crippen MR) is 297 cm³/mol. The SMILES string of the molecule is CC\C=C/C=C\C=C/C=C\C=C/CCCCCC(=O)OCC(COC(=O)CCCCC/C=C\C/C=C\C/C=C\C/C=C\C/C=C\CC)OC(=O)CCC/C=C\C/C=C\C/C=C\CCCCCCCC. The Hall–Kier alpha value is -4.97. The van der Waals surface area contributed by atoms with Crippen molar-refractivity contribution in [3.8, 4) is 0 Å². The van der Waals surface area contributed by atoms with E-state index in [-0.39, 0.29) is 38.0 Å². The van der Waals surface area contributed by atoms with Crippen molar-refractivity contribution in [3.05, 3.63) is 158 Å². The largest absolute Gasteiger partial charge is 0.462 e. The van der Waals surface area contributed by atoms with Gasteiger partial charge in [-0.05, 0) is 116 Å². The van der Waals surface area contributed by atoms with Gasteiger partial charge < -0.3 is 14.2 Å². The highest BCUT2D eigenvalue weighted by Crippen LogP contribution is 2.11. The Kier molecular flexibility index (Phi) is 51.6. The molecular formula is C63H96O6. The molecular weight excluding hydrogens is 853 g/mol. The van der Waals surface area contributed by atoms with Crippen molar-refractivity contribution in [1.82, 2.24) is 0 Å². The quantitative estimate of drug-likeness (QED) is 0.0199. The van der Waals surface area contributed by atoms with Crippen LogP contribution in [-0.4, -0.2) is 37.2 Å². The van der Waals surface area contributed by atoms with Gasteiger partial charge in [0.05, 0.1) is 0 Å². The van der Waals surface area contributed by atoms with E-state index >= 15 is 0 Å². The standard InChI is InChI=1S/C63H96O6/c1-4-7-10-13-16-19-22-25-28-30-31-33-35-38-41-44-47-50-53-56-62(65)68-59-60(58-67-61(64)55-52-49-46-43-40-37-34-27-24-21-18-15-12-9-6-3)69-63(66)57-54-51-48-45-42-39-36-32-29-26-23-20-17-14-11-8-5-2/h7,9-10,12,15-16,18-19,21,24-29,31,33-34,36-41,45,48,60H,4-6,8,11,13-14,17,20,22-23,30,32,35,42-44,46-47,49-59H2,1-3H3/b10-7-,12-9-,18-15-,19-16-,24-21-,28-25-,29-26-,33-31-,34-27-,39-36-,40-37-,41-38-,48-45-. The van der Waals surface area contributed by atoms with Crippen LogP contribution in [0.2, 0.25) is 0 Å². The van der Waals surface area contributed by atoms with Crippen LogP contribution in [0.15, 0.2) is 158 Å². The Bertz CT molecular complexity index is 1610. The van der Waals surface area contributed by atoms with Crippen LogP contribution in [0.3, 0.4) is 0 Å². The lowest BCUT2D eigenvalue weighted by molar-refractivity contribution is -0.167. The summed E-state index contributed by atoms with van der Waals surface area (Å²) in [5.74, 6) is -1.07. The van der Waals surface area contributed by atoms with E-state index in [0.29, 0.717) is 19.3 Å². The van der Waals surface area contributed by atoms with Gasteiger partial charge >= 0.3 is 17.9 Å². The Labute approximate surface area is 422 Å². The molecule has 0 amide bonds. The fourth-order valence-corrected chi connectivity index (χ4v) is 6.62. The van der Waals surface area contributed by atoms with Gasteiger partial charge in [-0.15, -0.1) is 0 Å². The molecule has 69 heavy (non-hydrogen) atoms. The molecule has 0 aromatic carbocycles. The average Bonchev–Trinajstić information content (AvgIpc) is 3.35. The molecule has 0 rings (SSSR count). The summed E-state index contributed by atoms with van der Waals surface area (Å²) in [7, 11) is 0. The Morgan fingerprint density at radius 1 is 0.319 bits per heavy atom. The average molecular weight is 949 g/mol. The molecule has 384 valence electrons. The first-order valence-electron chi connectivity index (χ1n) is 27.1. The molecule has 0 aliphatic rings. The number of carbonyl (C=O) groups is 3. The topological polar surface area (TPSA) is 78.9 Å². The van der Waals surface area contributed by atoms with Crippen LogP contribution in [0, 0.1) is 0 Å². The van der Waals surface area contributed by atoms with Crippen LogP contribution in [0.5, 0.6) is 0 Å². The molecule has 1 unspecified atom stereocenters. The van der Waals surface area contributed by atoms with E-state index in [0.717, 1.165) is 103 Å². The fourth-order valence-electron chi connectivity index (χ4n) is 6.62. The third kappa shape index (κ3) is 53.8. The van der Waals surface area contributed by atoms with Gasteiger partial charge in [0.25, 0.3) is 0 Å². The van der Waals surface area contributed by atoms with Crippen LogP contribution < -0.4 is 0 Å². The Balaban J connectivity index is 4.63. The van der Waals surface area contributed by atoms with Crippen LogP contribution in [-0.2, 0) is 28.6 Å². The minimum atomic E-state index is -0.844. The lowest BCUT2D eigenvalue weighted by atomic mass is 10.1. The van der Waals surface area contributed by atoms with Gasteiger partial charge in [0, 0.05) is 19.3 Å². The monoisotopic (exact) mass is 949 g/mol. The van der Waals surface area contributed by atoms with E-state index in [9.17, 15) is 14.4 Å². The summed E-state index contributed by atoms with van der Waals surface area (Å²) in [6, 6.07) is 0. The highest BCUT2D eigenvalue weighted by atomic mass is 16.6. The second-order valence-corrected chi connectivity index (χ2v) is 17.1. The first-order valence-corrected chi connectivity index (χ1v) is 27.1.